The van der Waals surface area contributed by atoms with Crippen LogP contribution in [-0.2, 0) is 7.05 Å². The van der Waals surface area contributed by atoms with Crippen LogP contribution in [0.25, 0.3) is 22.2 Å². The minimum atomic E-state index is 0.299. The molecule has 1 aliphatic rings. The molecule has 170 valence electrons. The highest BCUT2D eigenvalue weighted by Crippen LogP contribution is 2.37. The number of fused-ring (bicyclic) bond motifs is 1. The van der Waals surface area contributed by atoms with E-state index in [0.29, 0.717) is 17.1 Å². The number of ether oxygens (including phenoxy) is 1. The van der Waals surface area contributed by atoms with Gasteiger partial charge in [-0.15, -0.1) is 0 Å². The van der Waals surface area contributed by atoms with Gasteiger partial charge in [0.25, 0.3) is 0 Å². The third kappa shape index (κ3) is 3.86. The summed E-state index contributed by atoms with van der Waals surface area (Å²) in [6, 6.07) is 8.05. The van der Waals surface area contributed by atoms with Crippen LogP contribution in [0.4, 0.5) is 17.5 Å². The van der Waals surface area contributed by atoms with Gasteiger partial charge in [-0.2, -0.15) is 0 Å². The summed E-state index contributed by atoms with van der Waals surface area (Å²) in [4.78, 5) is 20.9. The van der Waals surface area contributed by atoms with Crippen LogP contribution in [0, 0.1) is 19.3 Å². The minimum Gasteiger partial charge on any atom is -0.495 e. The van der Waals surface area contributed by atoms with Crippen molar-refractivity contribution >= 4 is 28.4 Å². The van der Waals surface area contributed by atoms with Crippen LogP contribution >= 0.6 is 0 Å². The Bertz CT molecular complexity index is 1350. The molecule has 0 atom stereocenters. The quantitative estimate of drug-likeness (QED) is 0.481. The van der Waals surface area contributed by atoms with Gasteiger partial charge in [-0.25, -0.2) is 19.9 Å². The molecule has 4 heterocycles. The van der Waals surface area contributed by atoms with Crippen molar-refractivity contribution < 1.29 is 4.74 Å². The Morgan fingerprint density at radius 1 is 1.03 bits per heavy atom. The number of hydrogen-bond donors (Lipinski definition) is 1. The van der Waals surface area contributed by atoms with Gasteiger partial charge in [0.1, 0.15) is 17.1 Å². The number of aromatic nitrogens is 5. The van der Waals surface area contributed by atoms with Crippen molar-refractivity contribution in [3.8, 4) is 17.0 Å². The highest BCUT2D eigenvalue weighted by Gasteiger charge is 2.36. The van der Waals surface area contributed by atoms with Crippen LogP contribution in [0.2, 0.25) is 0 Å². The lowest BCUT2D eigenvalue weighted by molar-refractivity contribution is 0.275. The van der Waals surface area contributed by atoms with Crippen LogP contribution in [0.15, 0.2) is 36.7 Å². The second-order valence-electron chi connectivity index (χ2n) is 9.53. The summed E-state index contributed by atoms with van der Waals surface area (Å²) in [5, 5.41) is 4.32. The van der Waals surface area contributed by atoms with E-state index in [1.54, 1.807) is 7.11 Å². The van der Waals surface area contributed by atoms with Gasteiger partial charge in [0.05, 0.1) is 24.7 Å². The van der Waals surface area contributed by atoms with Gasteiger partial charge in [-0.1, -0.05) is 19.9 Å². The summed E-state index contributed by atoms with van der Waals surface area (Å²) in [6.45, 7) is 10.5. The van der Waals surface area contributed by atoms with Gasteiger partial charge in [0.15, 0.2) is 5.82 Å². The lowest BCUT2D eigenvalue weighted by Gasteiger charge is -2.46. The number of nitrogens with one attached hydrogen (secondary N) is 1. The zero-order valence-electron chi connectivity index (χ0n) is 20.0. The second kappa shape index (κ2) is 7.72. The number of hydrogen-bond acceptors (Lipinski definition) is 7. The number of pyridine rings is 1. The molecule has 4 aromatic rings. The summed E-state index contributed by atoms with van der Waals surface area (Å²) >= 11 is 0. The third-order valence-corrected chi connectivity index (χ3v) is 6.18. The molecule has 1 fully saturated rings. The first-order valence-electron chi connectivity index (χ1n) is 11.1. The summed E-state index contributed by atoms with van der Waals surface area (Å²) < 4.78 is 7.73. The predicted octanol–water partition coefficient (Wildman–Crippen LogP) is 4.64. The fourth-order valence-electron chi connectivity index (χ4n) is 4.42. The SMILES string of the molecule is COc1cc(-c2cnc(C)n2C)ccc1Nc1ncc2cc(C)nc(N3CC(C)(C)C3)c2n1. The van der Waals surface area contributed by atoms with E-state index in [1.807, 2.05) is 57.6 Å². The van der Waals surface area contributed by atoms with E-state index in [-0.39, 0.29) is 0 Å². The molecule has 0 bridgehead atoms. The van der Waals surface area contributed by atoms with Crippen LogP contribution in [-0.4, -0.2) is 44.7 Å². The Balaban J connectivity index is 1.49. The Morgan fingerprint density at radius 3 is 2.48 bits per heavy atom. The molecule has 0 radical (unpaired) electrons. The van der Waals surface area contributed by atoms with E-state index in [4.69, 9.17) is 14.7 Å². The van der Waals surface area contributed by atoms with Gasteiger partial charge in [0.2, 0.25) is 5.95 Å². The third-order valence-electron chi connectivity index (χ3n) is 6.18. The lowest BCUT2D eigenvalue weighted by Crippen LogP contribution is -2.53. The maximum atomic E-state index is 5.67. The van der Waals surface area contributed by atoms with E-state index in [0.717, 1.165) is 58.3 Å². The van der Waals surface area contributed by atoms with Crippen molar-refractivity contribution in [3.63, 3.8) is 0 Å². The van der Waals surface area contributed by atoms with Crippen molar-refractivity contribution in [2.45, 2.75) is 27.7 Å². The molecule has 1 aliphatic heterocycles. The average Bonchev–Trinajstić information content (AvgIpc) is 3.10. The van der Waals surface area contributed by atoms with Gasteiger partial charge in [-0.05, 0) is 37.5 Å². The molecule has 0 spiro atoms. The van der Waals surface area contributed by atoms with E-state index in [1.165, 1.54) is 0 Å². The van der Waals surface area contributed by atoms with Crippen molar-refractivity contribution in [1.82, 2.24) is 24.5 Å². The minimum absolute atomic E-state index is 0.299. The topological polar surface area (TPSA) is 81.0 Å². The van der Waals surface area contributed by atoms with Crippen LogP contribution in [0.3, 0.4) is 0 Å². The van der Waals surface area contributed by atoms with Gasteiger partial charge >= 0.3 is 0 Å². The Hall–Kier alpha value is -3.68. The fraction of sp³-hybridized carbons (Fsp3) is 0.360. The number of aryl methyl sites for hydroxylation is 2. The van der Waals surface area contributed by atoms with Crippen molar-refractivity contribution in [1.29, 1.82) is 0 Å². The standard InChI is InChI=1S/C25H29N7O/c1-15-9-18-11-27-24(30-22(18)23(28-15)32-13-25(3,4)14-32)29-19-8-7-17(10-21(19)33-6)20-12-26-16(2)31(20)5/h7-12H,13-14H2,1-6H3,(H,27,29,30). The number of anilines is 3. The van der Waals surface area contributed by atoms with E-state index in [9.17, 15) is 0 Å². The second-order valence-corrected chi connectivity index (χ2v) is 9.53. The molecule has 8 heteroatoms. The van der Waals surface area contributed by atoms with Crippen molar-refractivity contribution in [2.75, 3.05) is 30.4 Å². The van der Waals surface area contributed by atoms with E-state index >= 15 is 0 Å². The first-order valence-corrected chi connectivity index (χ1v) is 11.1. The molecule has 3 aromatic heterocycles. The molecule has 1 saturated heterocycles. The van der Waals surface area contributed by atoms with Crippen LogP contribution in [0.1, 0.15) is 25.4 Å². The largest absolute Gasteiger partial charge is 0.495 e. The maximum Gasteiger partial charge on any atom is 0.227 e. The lowest BCUT2D eigenvalue weighted by atomic mass is 9.84. The zero-order chi connectivity index (χ0) is 23.3. The maximum absolute atomic E-state index is 5.67. The molecule has 0 saturated carbocycles. The molecule has 0 amide bonds. The molecule has 0 aliphatic carbocycles. The average molecular weight is 444 g/mol. The highest BCUT2D eigenvalue weighted by atomic mass is 16.5. The molecule has 8 nitrogen and oxygen atoms in total. The number of benzene rings is 1. The highest BCUT2D eigenvalue weighted by molar-refractivity contribution is 5.90. The zero-order valence-corrected chi connectivity index (χ0v) is 20.0. The van der Waals surface area contributed by atoms with Crippen LogP contribution in [0.5, 0.6) is 5.75 Å². The molecular weight excluding hydrogens is 414 g/mol. The van der Waals surface area contributed by atoms with Crippen molar-refractivity contribution in [2.24, 2.45) is 12.5 Å². The summed E-state index contributed by atoms with van der Waals surface area (Å²) in [5.74, 6) is 3.10. The summed E-state index contributed by atoms with van der Waals surface area (Å²) in [7, 11) is 3.67. The first kappa shape index (κ1) is 21.2. The molecule has 0 unspecified atom stereocenters. The number of imidazole rings is 1. The van der Waals surface area contributed by atoms with E-state index in [2.05, 4.69) is 38.6 Å². The predicted molar refractivity (Wildman–Crippen MR) is 131 cm³/mol. The molecule has 5 rings (SSSR count). The summed E-state index contributed by atoms with van der Waals surface area (Å²) in [5.41, 5.74) is 4.98. The van der Waals surface area contributed by atoms with E-state index < -0.39 is 0 Å². The van der Waals surface area contributed by atoms with Gasteiger partial charge in [-0.3, -0.25) is 0 Å². The Morgan fingerprint density at radius 2 is 1.82 bits per heavy atom. The smallest absolute Gasteiger partial charge is 0.227 e. The number of nitrogens with zero attached hydrogens (tertiary/aromatic N) is 6. The molecule has 1 aromatic carbocycles. The van der Waals surface area contributed by atoms with Gasteiger partial charge in [0, 0.05) is 43.0 Å². The molecule has 33 heavy (non-hydrogen) atoms. The Kier molecular flexibility index (Phi) is 4.96. The number of rotatable bonds is 5. The molecule has 1 N–H and O–H groups in total. The fourth-order valence-corrected chi connectivity index (χ4v) is 4.42. The van der Waals surface area contributed by atoms with Crippen molar-refractivity contribution in [3.05, 3.63) is 48.2 Å². The summed E-state index contributed by atoms with van der Waals surface area (Å²) in [6.07, 6.45) is 3.73. The van der Waals surface area contributed by atoms with Gasteiger partial charge < -0.3 is 19.5 Å². The molecular formula is C25H29N7O. The van der Waals surface area contributed by atoms with Crippen LogP contribution < -0.4 is 15.0 Å². The first-order chi connectivity index (χ1) is 15.7. The normalized spacial score (nSPS) is 14.9. The Labute approximate surface area is 193 Å². The monoisotopic (exact) mass is 443 g/mol. The number of methoxy groups -OCH3 is 1.